The summed E-state index contributed by atoms with van der Waals surface area (Å²) in [5, 5.41) is 0. The molecule has 78 valence electrons. The van der Waals surface area contributed by atoms with Gasteiger partial charge >= 0.3 is 0 Å². The van der Waals surface area contributed by atoms with E-state index in [-0.39, 0.29) is 0 Å². The lowest BCUT2D eigenvalue weighted by molar-refractivity contribution is 1.52. The Labute approximate surface area is 110 Å². The molecule has 0 aliphatic rings. The molecule has 0 atom stereocenters. The summed E-state index contributed by atoms with van der Waals surface area (Å²) in [5.74, 6) is 0. The highest BCUT2D eigenvalue weighted by Gasteiger charge is 2.08. The Hall–Kier alpha value is -0.320. The minimum atomic E-state index is 0.776. The summed E-state index contributed by atoms with van der Waals surface area (Å²) in [6, 6.07) is 8.06. The maximum atomic E-state index is 5.70. The van der Waals surface area contributed by atoms with E-state index in [9.17, 15) is 0 Å². The molecular weight excluding hydrogens is 338 g/mol. The van der Waals surface area contributed by atoms with Crippen LogP contribution in [0.5, 0.6) is 0 Å². The first kappa shape index (κ1) is 11.2. The maximum absolute atomic E-state index is 5.70. The molecule has 0 aliphatic heterocycles. The summed E-state index contributed by atoms with van der Waals surface area (Å²) in [7, 11) is 0. The fourth-order valence-corrected chi connectivity index (χ4v) is 3.64. The van der Waals surface area contributed by atoms with E-state index in [1.54, 1.807) is 11.3 Å². The van der Waals surface area contributed by atoms with E-state index in [1.165, 1.54) is 19.8 Å². The Bertz CT molecular complexity index is 486. The zero-order valence-corrected chi connectivity index (χ0v) is 12.0. The molecule has 0 unspecified atom stereocenters. The van der Waals surface area contributed by atoms with Crippen LogP contribution in [0.4, 0.5) is 5.69 Å². The topological polar surface area (TPSA) is 26.0 Å². The van der Waals surface area contributed by atoms with Crippen molar-refractivity contribution in [2.24, 2.45) is 0 Å². The molecule has 0 saturated carbocycles. The molecule has 0 radical (unpaired) electrons. The van der Waals surface area contributed by atoms with Gasteiger partial charge in [-0.05, 0) is 46.6 Å². The van der Waals surface area contributed by atoms with Crippen LogP contribution in [0.3, 0.4) is 0 Å². The molecule has 0 fully saturated rings. The largest absolute Gasteiger partial charge is 0.399 e. The third-order valence-corrected chi connectivity index (χ3v) is 4.94. The van der Waals surface area contributed by atoms with Crippen molar-refractivity contribution in [2.45, 2.75) is 6.92 Å². The third kappa shape index (κ3) is 2.27. The summed E-state index contributed by atoms with van der Waals surface area (Å²) < 4.78 is 2.22. The van der Waals surface area contributed by atoms with E-state index < -0.39 is 0 Å². The highest BCUT2D eigenvalue weighted by atomic mass is 79.9. The second-order valence-electron chi connectivity index (χ2n) is 3.31. The monoisotopic (exact) mass is 345 g/mol. The van der Waals surface area contributed by atoms with E-state index in [0.29, 0.717) is 0 Å². The SMILES string of the molecule is Cc1cc(-c2ccc(N)cc2Br)sc1Br. The third-order valence-electron chi connectivity index (χ3n) is 2.12. The molecule has 2 N–H and O–H groups in total. The second-order valence-corrected chi connectivity index (χ2v) is 6.53. The van der Waals surface area contributed by atoms with Crippen molar-refractivity contribution in [3.8, 4) is 10.4 Å². The van der Waals surface area contributed by atoms with Gasteiger partial charge < -0.3 is 5.73 Å². The summed E-state index contributed by atoms with van der Waals surface area (Å²) in [6.45, 7) is 2.09. The van der Waals surface area contributed by atoms with Crippen LogP contribution in [0.2, 0.25) is 0 Å². The Kier molecular flexibility index (Phi) is 3.19. The van der Waals surface area contributed by atoms with Crippen molar-refractivity contribution in [3.63, 3.8) is 0 Å². The van der Waals surface area contributed by atoms with E-state index in [1.807, 2.05) is 18.2 Å². The Morgan fingerprint density at radius 1 is 1.20 bits per heavy atom. The van der Waals surface area contributed by atoms with Gasteiger partial charge in [0.05, 0.1) is 3.79 Å². The number of anilines is 1. The van der Waals surface area contributed by atoms with Gasteiger partial charge in [-0.15, -0.1) is 11.3 Å². The predicted octanol–water partition coefficient (Wildman–Crippen LogP) is 4.83. The molecule has 1 nitrogen and oxygen atoms in total. The molecule has 1 aromatic carbocycles. The van der Waals surface area contributed by atoms with Gasteiger partial charge in [-0.3, -0.25) is 0 Å². The van der Waals surface area contributed by atoms with Crippen molar-refractivity contribution in [2.75, 3.05) is 5.73 Å². The van der Waals surface area contributed by atoms with Gasteiger partial charge in [0.25, 0.3) is 0 Å². The number of hydrogen-bond acceptors (Lipinski definition) is 2. The Morgan fingerprint density at radius 3 is 2.47 bits per heavy atom. The summed E-state index contributed by atoms with van der Waals surface area (Å²) >= 11 is 8.79. The first-order valence-electron chi connectivity index (χ1n) is 4.39. The number of halogens is 2. The quantitative estimate of drug-likeness (QED) is 0.735. The predicted molar refractivity (Wildman–Crippen MR) is 74.3 cm³/mol. The Morgan fingerprint density at radius 2 is 1.93 bits per heavy atom. The zero-order chi connectivity index (χ0) is 11.0. The van der Waals surface area contributed by atoms with E-state index in [2.05, 4.69) is 44.8 Å². The van der Waals surface area contributed by atoms with Crippen LogP contribution in [0.15, 0.2) is 32.5 Å². The smallest absolute Gasteiger partial charge is 0.0734 e. The van der Waals surface area contributed by atoms with Gasteiger partial charge in [0.15, 0.2) is 0 Å². The van der Waals surface area contributed by atoms with E-state index in [4.69, 9.17) is 5.73 Å². The molecule has 0 saturated heterocycles. The number of rotatable bonds is 1. The molecular formula is C11H9Br2NS. The van der Waals surface area contributed by atoms with E-state index in [0.717, 1.165) is 10.2 Å². The summed E-state index contributed by atoms with van der Waals surface area (Å²) in [6.07, 6.45) is 0. The van der Waals surface area contributed by atoms with Crippen LogP contribution >= 0.6 is 43.2 Å². The van der Waals surface area contributed by atoms with Crippen molar-refractivity contribution >= 4 is 48.9 Å². The summed E-state index contributed by atoms with van der Waals surface area (Å²) in [4.78, 5) is 1.24. The van der Waals surface area contributed by atoms with Crippen molar-refractivity contribution in [1.29, 1.82) is 0 Å². The lowest BCUT2D eigenvalue weighted by atomic mass is 10.1. The van der Waals surface area contributed by atoms with Crippen molar-refractivity contribution < 1.29 is 0 Å². The number of thiophene rings is 1. The van der Waals surface area contributed by atoms with Crippen LogP contribution in [0.25, 0.3) is 10.4 Å². The maximum Gasteiger partial charge on any atom is 0.0734 e. The van der Waals surface area contributed by atoms with Gasteiger partial charge in [0.1, 0.15) is 0 Å². The van der Waals surface area contributed by atoms with Gasteiger partial charge in [-0.1, -0.05) is 22.0 Å². The van der Waals surface area contributed by atoms with Crippen molar-refractivity contribution in [3.05, 3.63) is 38.1 Å². The molecule has 0 aliphatic carbocycles. The highest BCUT2D eigenvalue weighted by Crippen LogP contribution is 2.38. The first-order chi connectivity index (χ1) is 7.08. The average molecular weight is 347 g/mol. The highest BCUT2D eigenvalue weighted by molar-refractivity contribution is 9.11. The zero-order valence-electron chi connectivity index (χ0n) is 8.05. The van der Waals surface area contributed by atoms with Crippen LogP contribution in [-0.2, 0) is 0 Å². The van der Waals surface area contributed by atoms with Crippen LogP contribution in [0.1, 0.15) is 5.56 Å². The molecule has 2 rings (SSSR count). The molecule has 0 spiro atoms. The van der Waals surface area contributed by atoms with Gasteiger partial charge in [-0.25, -0.2) is 0 Å². The minimum absolute atomic E-state index is 0.776. The number of nitrogens with two attached hydrogens (primary N) is 1. The van der Waals surface area contributed by atoms with Gasteiger partial charge in [-0.2, -0.15) is 0 Å². The van der Waals surface area contributed by atoms with Crippen molar-refractivity contribution in [1.82, 2.24) is 0 Å². The second kappa shape index (κ2) is 4.28. The fraction of sp³-hybridized carbons (Fsp3) is 0.0909. The number of benzene rings is 1. The number of hydrogen-bond donors (Lipinski definition) is 1. The minimum Gasteiger partial charge on any atom is -0.399 e. The standard InChI is InChI=1S/C11H9Br2NS/c1-6-4-10(15-11(6)13)8-3-2-7(14)5-9(8)12/h2-5H,14H2,1H3. The summed E-state index contributed by atoms with van der Waals surface area (Å²) in [5.41, 5.74) is 8.93. The molecule has 4 heteroatoms. The van der Waals surface area contributed by atoms with Crippen LogP contribution < -0.4 is 5.73 Å². The molecule has 0 bridgehead atoms. The molecule has 1 aromatic heterocycles. The fourth-order valence-electron chi connectivity index (χ4n) is 1.32. The average Bonchev–Trinajstić information content (AvgIpc) is 2.46. The molecule has 2 aromatic rings. The van der Waals surface area contributed by atoms with Gasteiger partial charge in [0.2, 0.25) is 0 Å². The van der Waals surface area contributed by atoms with E-state index >= 15 is 0 Å². The normalized spacial score (nSPS) is 10.6. The Balaban J connectivity index is 2.54. The lowest BCUT2D eigenvalue weighted by Gasteiger charge is -2.02. The number of nitrogen functional groups attached to an aromatic ring is 1. The van der Waals surface area contributed by atoms with Crippen LogP contribution in [0, 0.1) is 6.92 Å². The van der Waals surface area contributed by atoms with Crippen LogP contribution in [-0.4, -0.2) is 0 Å². The molecule has 15 heavy (non-hydrogen) atoms. The molecule has 0 amide bonds. The molecule has 1 heterocycles. The lowest BCUT2D eigenvalue weighted by Crippen LogP contribution is -1.84. The van der Waals surface area contributed by atoms with Gasteiger partial charge in [0, 0.05) is 20.6 Å². The number of aryl methyl sites for hydroxylation is 1. The first-order valence-corrected chi connectivity index (χ1v) is 6.79.